The smallest absolute Gasteiger partial charge is 0.492 e. The quantitative estimate of drug-likeness (QED) is 0.277. The lowest BCUT2D eigenvalue weighted by Gasteiger charge is -2.32. The van der Waals surface area contributed by atoms with Gasteiger partial charge >= 0.3 is 13.2 Å². The summed E-state index contributed by atoms with van der Waals surface area (Å²) < 4.78 is 18.2. The van der Waals surface area contributed by atoms with E-state index in [1.165, 1.54) is 13.0 Å². The predicted molar refractivity (Wildman–Crippen MR) is 155 cm³/mol. The van der Waals surface area contributed by atoms with Gasteiger partial charge in [0, 0.05) is 12.5 Å². The molecule has 2 N–H and O–H groups in total. The largest absolute Gasteiger partial charge is 0.507 e. The summed E-state index contributed by atoms with van der Waals surface area (Å²) in [6, 6.07) is 21.2. The molecule has 0 aromatic heterocycles. The third-order valence-electron chi connectivity index (χ3n) is 8.09. The number of ether oxygens (including phenoxy) is 1. The maximum Gasteiger partial charge on any atom is 0.492 e. The summed E-state index contributed by atoms with van der Waals surface area (Å²) in [5, 5.41) is 12.9. The minimum absolute atomic E-state index is 0.0433. The number of benzene rings is 3. The van der Waals surface area contributed by atoms with Crippen molar-refractivity contribution in [2.45, 2.75) is 51.7 Å². The van der Waals surface area contributed by atoms with E-state index in [9.17, 15) is 14.7 Å². The van der Waals surface area contributed by atoms with Crippen molar-refractivity contribution in [2.24, 2.45) is 0 Å². The Hall–Kier alpha value is -3.88. The summed E-state index contributed by atoms with van der Waals surface area (Å²) in [6.07, 6.45) is 1.25. The maximum absolute atomic E-state index is 12.9. The molecule has 0 radical (unpaired) electrons. The maximum atomic E-state index is 12.9. The van der Waals surface area contributed by atoms with E-state index in [-0.39, 0.29) is 36.2 Å². The van der Waals surface area contributed by atoms with Crippen LogP contribution in [0.15, 0.2) is 72.2 Å². The number of hydrogen-bond acceptors (Lipinski definition) is 6. The van der Waals surface area contributed by atoms with E-state index in [1.54, 1.807) is 18.2 Å². The molecule has 7 nitrogen and oxygen atoms in total. The lowest BCUT2D eigenvalue weighted by atomic mass is 9.77. The Morgan fingerprint density at radius 2 is 1.52 bits per heavy atom. The molecule has 1 heterocycles. The van der Waals surface area contributed by atoms with Gasteiger partial charge < -0.3 is 24.5 Å². The van der Waals surface area contributed by atoms with Crippen LogP contribution in [0.3, 0.4) is 0 Å². The van der Waals surface area contributed by atoms with Crippen molar-refractivity contribution in [1.82, 2.24) is 5.32 Å². The molecule has 5 rings (SSSR count). The molecule has 0 unspecified atom stereocenters. The highest BCUT2D eigenvalue weighted by Gasteiger charge is 2.52. The van der Waals surface area contributed by atoms with Crippen LogP contribution in [0.25, 0.3) is 17.2 Å². The predicted octanol–water partition coefficient (Wildman–Crippen LogP) is 6.15. The van der Waals surface area contributed by atoms with Crippen LogP contribution in [0.4, 0.5) is 4.79 Å². The Kier molecular flexibility index (Phi) is 7.33. The lowest BCUT2D eigenvalue weighted by molar-refractivity contribution is 0.00578. The van der Waals surface area contributed by atoms with E-state index in [4.69, 9.17) is 14.0 Å². The second-order valence-corrected chi connectivity index (χ2v) is 11.3. The van der Waals surface area contributed by atoms with Gasteiger partial charge in [0.15, 0.2) is 5.78 Å². The molecule has 1 aliphatic heterocycles. The molecule has 3 aromatic rings. The fourth-order valence-electron chi connectivity index (χ4n) is 5.16. The first kappa shape index (κ1) is 27.7. The van der Waals surface area contributed by atoms with Gasteiger partial charge in [-0.1, -0.05) is 60.7 Å². The number of Topliss-reactive ketones (excluding diaryl/α,β-unsaturated/α-hetero) is 1. The minimum Gasteiger partial charge on any atom is -0.507 e. The number of phenols is 1. The average molecular weight is 539 g/mol. The van der Waals surface area contributed by atoms with Crippen LogP contribution in [0.5, 0.6) is 5.75 Å². The molecule has 40 heavy (non-hydrogen) atoms. The number of carbonyl (C=O) groups excluding carboxylic acids is 2. The van der Waals surface area contributed by atoms with Gasteiger partial charge in [-0.25, -0.2) is 4.79 Å². The lowest BCUT2D eigenvalue weighted by Crippen LogP contribution is -2.41. The fourth-order valence-corrected chi connectivity index (χ4v) is 5.16. The Balaban J connectivity index is 1.33. The van der Waals surface area contributed by atoms with Gasteiger partial charge in [0.1, 0.15) is 12.4 Å². The van der Waals surface area contributed by atoms with Gasteiger partial charge in [0.2, 0.25) is 0 Å². The molecule has 2 aliphatic rings. The standard InChI is InChI=1S/C32H34BNO6/c1-20(35)27-17-21(14-15-29(27)36)16-22(33-39-31(2,3)32(4,5)40-33)18-34-30(37)38-19-28-25-12-8-6-10-23(25)24-11-7-9-13-26(24)28/h6-17,28,36H,18-19H2,1-5H3,(H,34,37). The number of fused-ring (bicyclic) bond motifs is 3. The topological polar surface area (TPSA) is 94.1 Å². The van der Waals surface area contributed by atoms with Crippen molar-refractivity contribution in [2.75, 3.05) is 13.2 Å². The molecule has 206 valence electrons. The Bertz CT molecular complexity index is 1430. The van der Waals surface area contributed by atoms with E-state index < -0.39 is 24.4 Å². The van der Waals surface area contributed by atoms with Crippen LogP contribution in [-0.4, -0.2) is 48.5 Å². The number of ketones is 1. The Morgan fingerprint density at radius 3 is 2.10 bits per heavy atom. The number of phenolic OH excluding ortho intramolecular Hbond substituents is 1. The first-order valence-corrected chi connectivity index (χ1v) is 13.5. The van der Waals surface area contributed by atoms with Gasteiger partial charge in [-0.05, 0) is 80.0 Å². The van der Waals surface area contributed by atoms with Crippen LogP contribution in [0, 0.1) is 0 Å². The van der Waals surface area contributed by atoms with Gasteiger partial charge in [-0.3, -0.25) is 4.79 Å². The van der Waals surface area contributed by atoms with Crippen molar-refractivity contribution in [3.63, 3.8) is 0 Å². The van der Waals surface area contributed by atoms with E-state index in [1.807, 2.05) is 52.0 Å². The molecule has 1 fully saturated rings. The number of rotatable bonds is 7. The molecule has 1 aliphatic carbocycles. The van der Waals surface area contributed by atoms with Gasteiger partial charge in [0.25, 0.3) is 0 Å². The van der Waals surface area contributed by atoms with Crippen molar-refractivity contribution in [3.8, 4) is 16.9 Å². The van der Waals surface area contributed by atoms with E-state index in [2.05, 4.69) is 29.6 Å². The fraction of sp³-hybridized carbons (Fsp3) is 0.312. The first-order chi connectivity index (χ1) is 19.0. The molecule has 1 amide bonds. The Morgan fingerprint density at radius 1 is 0.950 bits per heavy atom. The third-order valence-corrected chi connectivity index (χ3v) is 8.09. The molecular formula is C32H34BNO6. The van der Waals surface area contributed by atoms with Crippen LogP contribution in [0.2, 0.25) is 0 Å². The summed E-state index contributed by atoms with van der Waals surface area (Å²) in [6.45, 7) is 9.53. The van der Waals surface area contributed by atoms with Crippen molar-refractivity contribution in [3.05, 3.63) is 94.5 Å². The Labute approximate surface area is 235 Å². The molecule has 1 saturated heterocycles. The zero-order valence-corrected chi connectivity index (χ0v) is 23.5. The van der Waals surface area contributed by atoms with E-state index in [0.717, 1.165) is 22.3 Å². The SMILES string of the molecule is CC(=O)c1cc(C=C(CNC(=O)OCC2c3ccccc3-c3ccccc32)B2OC(C)(C)C(C)(C)O2)ccc1O. The van der Waals surface area contributed by atoms with Gasteiger partial charge in [-0.2, -0.15) is 0 Å². The van der Waals surface area contributed by atoms with Crippen LogP contribution in [0.1, 0.15) is 67.6 Å². The summed E-state index contributed by atoms with van der Waals surface area (Å²) in [4.78, 5) is 24.9. The average Bonchev–Trinajstić information content (AvgIpc) is 3.35. The molecule has 0 bridgehead atoms. The van der Waals surface area contributed by atoms with Crippen LogP contribution >= 0.6 is 0 Å². The van der Waals surface area contributed by atoms with Crippen molar-refractivity contribution >= 4 is 25.1 Å². The zero-order valence-electron chi connectivity index (χ0n) is 23.5. The summed E-state index contributed by atoms with van der Waals surface area (Å²) in [5.74, 6) is -0.376. The normalized spacial score (nSPS) is 17.3. The second-order valence-electron chi connectivity index (χ2n) is 11.3. The highest BCUT2D eigenvalue weighted by molar-refractivity contribution is 6.56. The molecule has 0 saturated carbocycles. The number of aromatic hydroxyl groups is 1. The van der Waals surface area contributed by atoms with Crippen molar-refractivity contribution < 1.29 is 28.7 Å². The third kappa shape index (κ3) is 5.29. The number of amides is 1. The number of nitrogens with one attached hydrogen (secondary N) is 1. The molecule has 0 spiro atoms. The molecular weight excluding hydrogens is 505 g/mol. The second kappa shape index (κ2) is 10.6. The molecule has 8 heteroatoms. The summed E-state index contributed by atoms with van der Waals surface area (Å²) in [5.41, 5.74) is 4.97. The number of hydrogen-bond donors (Lipinski definition) is 2. The van der Waals surface area contributed by atoms with Crippen LogP contribution in [-0.2, 0) is 14.0 Å². The first-order valence-electron chi connectivity index (χ1n) is 13.5. The van der Waals surface area contributed by atoms with Crippen LogP contribution < -0.4 is 5.32 Å². The monoisotopic (exact) mass is 539 g/mol. The number of alkyl carbamates (subject to hydrolysis) is 1. The number of carbonyl (C=O) groups is 2. The highest BCUT2D eigenvalue weighted by atomic mass is 16.7. The van der Waals surface area contributed by atoms with E-state index >= 15 is 0 Å². The van der Waals surface area contributed by atoms with Crippen molar-refractivity contribution in [1.29, 1.82) is 0 Å². The molecule has 0 atom stereocenters. The molecule has 3 aromatic carbocycles. The van der Waals surface area contributed by atoms with Gasteiger partial charge in [-0.15, -0.1) is 0 Å². The highest BCUT2D eigenvalue weighted by Crippen LogP contribution is 2.44. The summed E-state index contributed by atoms with van der Waals surface area (Å²) in [7, 11) is -0.728. The minimum atomic E-state index is -0.728. The van der Waals surface area contributed by atoms with E-state index in [0.29, 0.717) is 11.0 Å². The zero-order chi connectivity index (χ0) is 28.7. The van der Waals surface area contributed by atoms with Gasteiger partial charge in [0.05, 0.1) is 16.8 Å². The summed E-state index contributed by atoms with van der Waals surface area (Å²) >= 11 is 0.